The summed E-state index contributed by atoms with van der Waals surface area (Å²) in [6.45, 7) is 0.265. The predicted molar refractivity (Wildman–Crippen MR) is 60.2 cm³/mol. The Morgan fingerprint density at radius 2 is 2.21 bits per heavy atom. The van der Waals surface area contributed by atoms with E-state index in [4.69, 9.17) is 5.73 Å². The van der Waals surface area contributed by atoms with Crippen molar-refractivity contribution < 1.29 is 0 Å². The Labute approximate surface area is 89.1 Å². The van der Waals surface area contributed by atoms with Gasteiger partial charge in [0.05, 0.1) is 5.52 Å². The molecule has 0 aliphatic carbocycles. The highest BCUT2D eigenvalue weighted by Gasteiger charge is 2.03. The lowest BCUT2D eigenvalue weighted by atomic mass is 10.1. The number of rotatable bonds is 1. The number of halogens is 1. The number of hydrogen-bond acceptors (Lipinski definition) is 2. The molecule has 4 heteroatoms. The van der Waals surface area contributed by atoms with Gasteiger partial charge in [0.1, 0.15) is 0 Å². The lowest BCUT2D eigenvalue weighted by Gasteiger charge is -2.00. The molecule has 1 heterocycles. The van der Waals surface area contributed by atoms with Gasteiger partial charge in [-0.05, 0) is 18.2 Å². The van der Waals surface area contributed by atoms with Crippen molar-refractivity contribution >= 4 is 26.8 Å². The predicted octanol–water partition coefficient (Wildman–Crippen LogP) is 1.75. The zero-order chi connectivity index (χ0) is 10.1. The van der Waals surface area contributed by atoms with Crippen LogP contribution in [0.3, 0.4) is 0 Å². The second-order valence-electron chi connectivity index (χ2n) is 3.04. The molecule has 0 aliphatic rings. The second-order valence-corrected chi connectivity index (χ2v) is 3.95. The molecule has 2 rings (SSSR count). The Balaban J connectivity index is 2.84. The molecule has 0 spiro atoms. The third kappa shape index (κ3) is 1.47. The Kier molecular flexibility index (Phi) is 2.39. The first kappa shape index (κ1) is 9.43. The number of hydrogen-bond donors (Lipinski definition) is 2. The van der Waals surface area contributed by atoms with Crippen molar-refractivity contribution in [2.24, 2.45) is 5.73 Å². The highest BCUT2D eigenvalue weighted by molar-refractivity contribution is 9.10. The van der Waals surface area contributed by atoms with Crippen LogP contribution in [0.1, 0.15) is 5.56 Å². The van der Waals surface area contributed by atoms with E-state index < -0.39 is 0 Å². The van der Waals surface area contributed by atoms with Crippen molar-refractivity contribution in [2.75, 3.05) is 0 Å². The van der Waals surface area contributed by atoms with Gasteiger partial charge < -0.3 is 10.7 Å². The van der Waals surface area contributed by atoms with Gasteiger partial charge in [-0.1, -0.05) is 15.9 Å². The standard InChI is InChI=1S/C10H9BrN2O/c11-7-1-2-8-9(3-7)13-5-6(4-12)10(8)14/h1-3,5H,4,12H2,(H,13,14). The van der Waals surface area contributed by atoms with E-state index in [-0.39, 0.29) is 12.0 Å². The molecule has 0 fully saturated rings. The molecular weight excluding hydrogens is 244 g/mol. The first-order chi connectivity index (χ1) is 6.72. The number of aromatic amines is 1. The normalized spacial score (nSPS) is 10.7. The molecular formula is C10H9BrN2O. The Morgan fingerprint density at radius 3 is 2.93 bits per heavy atom. The summed E-state index contributed by atoms with van der Waals surface area (Å²) in [5, 5.41) is 0.677. The van der Waals surface area contributed by atoms with Crippen LogP contribution in [0.4, 0.5) is 0 Å². The molecule has 72 valence electrons. The molecule has 1 aromatic heterocycles. The smallest absolute Gasteiger partial charge is 0.193 e. The van der Waals surface area contributed by atoms with Crippen LogP contribution in [0.2, 0.25) is 0 Å². The molecule has 0 atom stereocenters. The van der Waals surface area contributed by atoms with E-state index in [9.17, 15) is 4.79 Å². The van der Waals surface area contributed by atoms with E-state index in [0.29, 0.717) is 10.9 Å². The van der Waals surface area contributed by atoms with Gasteiger partial charge in [-0.2, -0.15) is 0 Å². The summed E-state index contributed by atoms with van der Waals surface area (Å²) < 4.78 is 0.946. The lowest BCUT2D eigenvalue weighted by Crippen LogP contribution is -2.13. The fraction of sp³-hybridized carbons (Fsp3) is 0.100. The molecule has 0 saturated heterocycles. The fourth-order valence-electron chi connectivity index (χ4n) is 1.39. The summed E-state index contributed by atoms with van der Waals surface area (Å²) in [5.41, 5.74) is 6.88. The first-order valence-electron chi connectivity index (χ1n) is 4.22. The summed E-state index contributed by atoms with van der Waals surface area (Å²) in [4.78, 5) is 14.8. The fourth-order valence-corrected chi connectivity index (χ4v) is 1.75. The van der Waals surface area contributed by atoms with Crippen molar-refractivity contribution in [3.8, 4) is 0 Å². The van der Waals surface area contributed by atoms with Crippen LogP contribution in [0.15, 0.2) is 33.7 Å². The Hall–Kier alpha value is -1.13. The monoisotopic (exact) mass is 252 g/mol. The highest BCUT2D eigenvalue weighted by atomic mass is 79.9. The van der Waals surface area contributed by atoms with Crippen LogP contribution >= 0.6 is 15.9 Å². The number of nitrogens with two attached hydrogens (primary N) is 1. The number of H-pyrrole nitrogens is 1. The quantitative estimate of drug-likeness (QED) is 0.813. The van der Waals surface area contributed by atoms with Gasteiger partial charge in [-0.15, -0.1) is 0 Å². The average molecular weight is 253 g/mol. The zero-order valence-electron chi connectivity index (χ0n) is 7.38. The van der Waals surface area contributed by atoms with Gasteiger partial charge in [0.25, 0.3) is 0 Å². The van der Waals surface area contributed by atoms with Crippen molar-refractivity contribution in [2.45, 2.75) is 6.54 Å². The Morgan fingerprint density at radius 1 is 1.43 bits per heavy atom. The average Bonchev–Trinajstić information content (AvgIpc) is 2.18. The minimum Gasteiger partial charge on any atom is -0.361 e. The van der Waals surface area contributed by atoms with Crippen LogP contribution in [0.25, 0.3) is 10.9 Å². The van der Waals surface area contributed by atoms with Gasteiger partial charge in [0.2, 0.25) is 0 Å². The third-order valence-electron chi connectivity index (χ3n) is 2.14. The summed E-state index contributed by atoms with van der Waals surface area (Å²) in [7, 11) is 0. The highest BCUT2D eigenvalue weighted by Crippen LogP contribution is 2.15. The van der Waals surface area contributed by atoms with Crippen molar-refractivity contribution in [1.82, 2.24) is 4.98 Å². The number of aromatic nitrogens is 1. The maximum atomic E-state index is 11.8. The molecule has 0 aliphatic heterocycles. The number of benzene rings is 1. The van der Waals surface area contributed by atoms with Crippen LogP contribution in [0, 0.1) is 0 Å². The van der Waals surface area contributed by atoms with Crippen LogP contribution in [-0.2, 0) is 6.54 Å². The summed E-state index contributed by atoms with van der Waals surface area (Å²) in [6.07, 6.45) is 1.66. The molecule has 1 aromatic carbocycles. The number of pyridine rings is 1. The maximum Gasteiger partial charge on any atom is 0.193 e. The molecule has 0 saturated carbocycles. The Bertz CT molecular complexity index is 533. The van der Waals surface area contributed by atoms with Gasteiger partial charge in [0, 0.05) is 28.2 Å². The van der Waals surface area contributed by atoms with E-state index in [1.807, 2.05) is 12.1 Å². The maximum absolute atomic E-state index is 11.8. The van der Waals surface area contributed by atoms with E-state index in [0.717, 1.165) is 9.99 Å². The van der Waals surface area contributed by atoms with Crippen molar-refractivity contribution in [3.63, 3.8) is 0 Å². The SMILES string of the molecule is NCc1c[nH]c2cc(Br)ccc2c1=O. The molecule has 2 aromatic rings. The summed E-state index contributed by atoms with van der Waals surface area (Å²) in [6, 6.07) is 5.51. The largest absolute Gasteiger partial charge is 0.361 e. The molecule has 0 amide bonds. The molecule has 14 heavy (non-hydrogen) atoms. The number of fused-ring (bicyclic) bond motifs is 1. The van der Waals surface area contributed by atoms with E-state index in [2.05, 4.69) is 20.9 Å². The number of nitrogens with one attached hydrogen (secondary N) is 1. The third-order valence-corrected chi connectivity index (χ3v) is 2.63. The van der Waals surface area contributed by atoms with E-state index >= 15 is 0 Å². The van der Waals surface area contributed by atoms with E-state index in [1.165, 1.54) is 0 Å². The first-order valence-corrected chi connectivity index (χ1v) is 5.01. The van der Waals surface area contributed by atoms with Gasteiger partial charge in [0.15, 0.2) is 5.43 Å². The van der Waals surface area contributed by atoms with Crippen LogP contribution in [0.5, 0.6) is 0 Å². The molecule has 3 nitrogen and oxygen atoms in total. The zero-order valence-corrected chi connectivity index (χ0v) is 8.97. The van der Waals surface area contributed by atoms with Crippen molar-refractivity contribution in [3.05, 3.63) is 44.7 Å². The minimum atomic E-state index is 0.00810. The molecule has 0 radical (unpaired) electrons. The van der Waals surface area contributed by atoms with Gasteiger partial charge in [-0.25, -0.2) is 0 Å². The van der Waals surface area contributed by atoms with Gasteiger partial charge >= 0.3 is 0 Å². The summed E-state index contributed by atoms with van der Waals surface area (Å²) >= 11 is 3.35. The van der Waals surface area contributed by atoms with E-state index in [1.54, 1.807) is 12.3 Å². The molecule has 0 bridgehead atoms. The molecule has 0 unspecified atom stereocenters. The molecule has 3 N–H and O–H groups in total. The summed E-state index contributed by atoms with van der Waals surface area (Å²) in [5.74, 6) is 0. The van der Waals surface area contributed by atoms with Crippen LogP contribution in [-0.4, -0.2) is 4.98 Å². The van der Waals surface area contributed by atoms with Crippen molar-refractivity contribution in [1.29, 1.82) is 0 Å². The lowest BCUT2D eigenvalue weighted by molar-refractivity contribution is 1.04. The van der Waals surface area contributed by atoms with Gasteiger partial charge in [-0.3, -0.25) is 4.79 Å². The topological polar surface area (TPSA) is 58.9 Å². The van der Waals surface area contributed by atoms with Crippen LogP contribution < -0.4 is 11.2 Å². The minimum absolute atomic E-state index is 0.00810. The second kappa shape index (κ2) is 3.55.